The monoisotopic (exact) mass is 141 g/mol. The number of amides is 2. The minimum Gasteiger partial charge on any atom is -0.352 e. The molecule has 0 aliphatic heterocycles. The summed E-state index contributed by atoms with van der Waals surface area (Å²) in [7, 11) is 0. The quantitative estimate of drug-likeness (QED) is 0.491. The van der Waals surface area contributed by atoms with Crippen LogP contribution in [0.5, 0.6) is 0 Å². The van der Waals surface area contributed by atoms with E-state index in [0.29, 0.717) is 5.82 Å². The van der Waals surface area contributed by atoms with Crippen LogP contribution in [-0.2, 0) is 6.54 Å². The summed E-state index contributed by atoms with van der Waals surface area (Å²) in [6.45, 7) is 0.287. The molecule has 1 aromatic rings. The van der Waals surface area contributed by atoms with E-state index in [2.05, 4.69) is 20.5 Å². The number of aromatic amines is 1. The van der Waals surface area contributed by atoms with E-state index < -0.39 is 6.03 Å². The van der Waals surface area contributed by atoms with Gasteiger partial charge in [-0.2, -0.15) is 5.10 Å². The Bertz CT molecular complexity index is 205. The van der Waals surface area contributed by atoms with Crippen molar-refractivity contribution in [3.8, 4) is 0 Å². The number of aromatic nitrogens is 3. The molecule has 0 aliphatic carbocycles. The zero-order valence-corrected chi connectivity index (χ0v) is 5.16. The highest BCUT2D eigenvalue weighted by molar-refractivity contribution is 5.71. The third-order valence-corrected chi connectivity index (χ3v) is 0.895. The molecule has 1 rings (SSSR count). The van der Waals surface area contributed by atoms with Gasteiger partial charge in [-0.05, 0) is 0 Å². The van der Waals surface area contributed by atoms with Gasteiger partial charge in [-0.25, -0.2) is 9.78 Å². The van der Waals surface area contributed by atoms with Crippen molar-refractivity contribution in [2.45, 2.75) is 6.54 Å². The van der Waals surface area contributed by atoms with Gasteiger partial charge in [-0.3, -0.25) is 5.10 Å². The van der Waals surface area contributed by atoms with Crippen LogP contribution in [0.1, 0.15) is 5.82 Å². The Morgan fingerprint density at radius 1 is 1.90 bits per heavy atom. The van der Waals surface area contributed by atoms with Crippen molar-refractivity contribution < 1.29 is 4.79 Å². The van der Waals surface area contributed by atoms with Crippen molar-refractivity contribution in [2.24, 2.45) is 5.73 Å². The molecule has 0 aliphatic rings. The van der Waals surface area contributed by atoms with Crippen LogP contribution in [0.15, 0.2) is 6.33 Å². The van der Waals surface area contributed by atoms with E-state index in [-0.39, 0.29) is 6.54 Å². The first kappa shape index (κ1) is 6.53. The lowest BCUT2D eigenvalue weighted by molar-refractivity contribution is 0.248. The summed E-state index contributed by atoms with van der Waals surface area (Å²) >= 11 is 0. The number of primary amides is 1. The number of nitrogens with one attached hydrogen (secondary N) is 2. The highest BCUT2D eigenvalue weighted by atomic mass is 16.2. The summed E-state index contributed by atoms with van der Waals surface area (Å²) in [4.78, 5) is 13.9. The molecular weight excluding hydrogens is 134 g/mol. The fourth-order valence-corrected chi connectivity index (χ4v) is 0.487. The standard InChI is InChI=1S/C4H7N5O/c5-4(10)6-1-3-7-2-8-9-3/h2H,1H2,(H3,5,6,10)(H,7,8,9). The van der Waals surface area contributed by atoms with Crippen LogP contribution in [0.3, 0.4) is 0 Å². The zero-order valence-electron chi connectivity index (χ0n) is 5.16. The number of carbonyl (C=O) groups is 1. The number of rotatable bonds is 2. The van der Waals surface area contributed by atoms with Gasteiger partial charge in [0, 0.05) is 0 Å². The lowest BCUT2D eigenvalue weighted by atomic mass is 10.6. The number of nitrogens with two attached hydrogens (primary N) is 1. The molecule has 0 saturated heterocycles. The third kappa shape index (κ3) is 1.73. The molecule has 0 radical (unpaired) electrons. The van der Waals surface area contributed by atoms with E-state index >= 15 is 0 Å². The molecule has 0 unspecified atom stereocenters. The van der Waals surface area contributed by atoms with E-state index in [9.17, 15) is 4.79 Å². The fraction of sp³-hybridized carbons (Fsp3) is 0.250. The molecule has 4 N–H and O–H groups in total. The van der Waals surface area contributed by atoms with Crippen molar-refractivity contribution >= 4 is 6.03 Å². The summed E-state index contributed by atoms with van der Waals surface area (Å²) in [5.74, 6) is 0.582. The van der Waals surface area contributed by atoms with Crippen molar-refractivity contribution in [3.05, 3.63) is 12.2 Å². The Labute approximate surface area is 56.8 Å². The Balaban J connectivity index is 2.35. The van der Waals surface area contributed by atoms with Crippen molar-refractivity contribution in [3.63, 3.8) is 0 Å². The van der Waals surface area contributed by atoms with Gasteiger partial charge in [-0.1, -0.05) is 0 Å². The number of H-pyrrole nitrogens is 1. The van der Waals surface area contributed by atoms with Gasteiger partial charge in [0.05, 0.1) is 6.54 Å². The Kier molecular flexibility index (Phi) is 1.83. The molecule has 1 aromatic heterocycles. The maximum Gasteiger partial charge on any atom is 0.312 e. The predicted octanol–water partition coefficient (Wildman–Crippen LogP) is -1.03. The molecular formula is C4H7N5O. The first-order valence-electron chi connectivity index (χ1n) is 2.66. The average Bonchev–Trinajstić information content (AvgIpc) is 2.34. The van der Waals surface area contributed by atoms with E-state index in [0.717, 1.165) is 0 Å². The van der Waals surface area contributed by atoms with Gasteiger partial charge < -0.3 is 11.1 Å². The van der Waals surface area contributed by atoms with Gasteiger partial charge >= 0.3 is 6.03 Å². The first-order valence-corrected chi connectivity index (χ1v) is 2.66. The van der Waals surface area contributed by atoms with Crippen LogP contribution in [0, 0.1) is 0 Å². The summed E-state index contributed by atoms with van der Waals surface area (Å²) < 4.78 is 0. The van der Waals surface area contributed by atoms with Crippen molar-refractivity contribution in [1.29, 1.82) is 0 Å². The second kappa shape index (κ2) is 2.81. The molecule has 10 heavy (non-hydrogen) atoms. The lowest BCUT2D eigenvalue weighted by Gasteiger charge is -1.94. The van der Waals surface area contributed by atoms with Crippen LogP contribution in [0.2, 0.25) is 0 Å². The molecule has 0 saturated carbocycles. The maximum absolute atomic E-state index is 10.1. The molecule has 6 nitrogen and oxygen atoms in total. The number of hydrogen-bond acceptors (Lipinski definition) is 3. The zero-order chi connectivity index (χ0) is 7.40. The minimum absolute atomic E-state index is 0.287. The Morgan fingerprint density at radius 3 is 3.20 bits per heavy atom. The van der Waals surface area contributed by atoms with Gasteiger partial charge in [0.2, 0.25) is 0 Å². The second-order valence-electron chi connectivity index (χ2n) is 1.65. The fourth-order valence-electron chi connectivity index (χ4n) is 0.487. The normalized spacial score (nSPS) is 9.20. The molecule has 0 fully saturated rings. The molecule has 1 heterocycles. The number of hydrogen-bond donors (Lipinski definition) is 3. The molecule has 6 heteroatoms. The van der Waals surface area contributed by atoms with Crippen molar-refractivity contribution in [1.82, 2.24) is 20.5 Å². The van der Waals surface area contributed by atoms with E-state index in [1.54, 1.807) is 0 Å². The summed E-state index contributed by atoms with van der Waals surface area (Å²) in [5, 5.41) is 8.49. The van der Waals surface area contributed by atoms with Crippen LogP contribution in [-0.4, -0.2) is 21.2 Å². The van der Waals surface area contributed by atoms with Crippen LogP contribution < -0.4 is 11.1 Å². The van der Waals surface area contributed by atoms with Crippen LogP contribution in [0.4, 0.5) is 4.79 Å². The highest BCUT2D eigenvalue weighted by Gasteiger charge is 1.94. The highest BCUT2D eigenvalue weighted by Crippen LogP contribution is 1.81. The summed E-state index contributed by atoms with van der Waals surface area (Å²) in [6.07, 6.45) is 1.36. The van der Waals surface area contributed by atoms with Gasteiger partial charge in [0.25, 0.3) is 0 Å². The number of nitrogens with zero attached hydrogens (tertiary/aromatic N) is 2. The molecule has 0 bridgehead atoms. The summed E-state index contributed by atoms with van der Waals surface area (Å²) in [6, 6.07) is -0.573. The Morgan fingerprint density at radius 2 is 2.70 bits per heavy atom. The average molecular weight is 141 g/mol. The van der Waals surface area contributed by atoms with Gasteiger partial charge in [0.15, 0.2) is 0 Å². The van der Waals surface area contributed by atoms with Gasteiger partial charge in [0.1, 0.15) is 12.2 Å². The van der Waals surface area contributed by atoms with E-state index in [4.69, 9.17) is 5.73 Å². The predicted molar refractivity (Wildman–Crippen MR) is 32.8 cm³/mol. The first-order chi connectivity index (χ1) is 4.79. The number of carbonyl (C=O) groups excluding carboxylic acids is 1. The van der Waals surface area contributed by atoms with Crippen molar-refractivity contribution in [2.75, 3.05) is 0 Å². The SMILES string of the molecule is NC(=O)NCc1ncn[nH]1. The Hall–Kier alpha value is -1.59. The molecule has 0 spiro atoms. The number of urea groups is 1. The van der Waals surface area contributed by atoms with Crippen LogP contribution in [0.25, 0.3) is 0 Å². The smallest absolute Gasteiger partial charge is 0.312 e. The van der Waals surface area contributed by atoms with Crippen LogP contribution >= 0.6 is 0 Å². The minimum atomic E-state index is -0.573. The van der Waals surface area contributed by atoms with Gasteiger partial charge in [-0.15, -0.1) is 0 Å². The molecule has 54 valence electrons. The maximum atomic E-state index is 10.1. The third-order valence-electron chi connectivity index (χ3n) is 0.895. The largest absolute Gasteiger partial charge is 0.352 e. The topological polar surface area (TPSA) is 96.7 Å². The molecule has 0 aromatic carbocycles. The van der Waals surface area contributed by atoms with E-state index in [1.165, 1.54) is 6.33 Å². The lowest BCUT2D eigenvalue weighted by Crippen LogP contribution is -2.29. The molecule has 2 amide bonds. The molecule has 0 atom stereocenters. The second-order valence-corrected chi connectivity index (χ2v) is 1.65. The summed E-state index contributed by atoms with van der Waals surface area (Å²) in [5.41, 5.74) is 4.80. The van der Waals surface area contributed by atoms with E-state index in [1.807, 2.05) is 0 Å².